The average Bonchev–Trinajstić information content (AvgIpc) is 2.81. The number of morpholine rings is 1. The molecule has 1 unspecified atom stereocenters. The number of halogens is 1. The van der Waals surface area contributed by atoms with Gasteiger partial charge in [0.1, 0.15) is 11.9 Å². The molecule has 0 bridgehead atoms. The van der Waals surface area contributed by atoms with E-state index in [-0.39, 0.29) is 24.2 Å². The quantitative estimate of drug-likeness (QED) is 0.689. The summed E-state index contributed by atoms with van der Waals surface area (Å²) in [6.45, 7) is 1.32. The molecule has 1 saturated heterocycles. The van der Waals surface area contributed by atoms with E-state index in [0.717, 1.165) is 22.5 Å². The number of hydrogen-bond acceptors (Lipinski definition) is 4. The second kappa shape index (κ2) is 9.06. The molecule has 1 atom stereocenters. The zero-order chi connectivity index (χ0) is 21.8. The zero-order valence-electron chi connectivity index (χ0n) is 16.8. The number of ether oxygens (including phenoxy) is 1. The van der Waals surface area contributed by atoms with E-state index in [9.17, 15) is 14.0 Å². The Balaban J connectivity index is 1.46. The third-order valence-electron chi connectivity index (χ3n) is 5.25. The van der Waals surface area contributed by atoms with Crippen LogP contribution in [0.3, 0.4) is 0 Å². The van der Waals surface area contributed by atoms with Gasteiger partial charge in [0, 0.05) is 17.7 Å². The van der Waals surface area contributed by atoms with Gasteiger partial charge in [-0.25, -0.2) is 9.37 Å². The summed E-state index contributed by atoms with van der Waals surface area (Å²) in [6.07, 6.45) is -0.122. The summed E-state index contributed by atoms with van der Waals surface area (Å²) >= 11 is 0. The van der Waals surface area contributed by atoms with Crippen LogP contribution in [0.25, 0.3) is 11.3 Å². The minimum Gasteiger partial charge on any atom is -0.368 e. The molecule has 1 aliphatic heterocycles. The molecule has 7 heteroatoms. The number of carbonyl (C=O) groups excluding carboxylic acids is 2. The predicted molar refractivity (Wildman–Crippen MR) is 114 cm³/mol. The molecular weight excluding hydrogens is 397 g/mol. The molecule has 2 heterocycles. The van der Waals surface area contributed by atoms with Crippen LogP contribution in [0.15, 0.2) is 66.7 Å². The number of nitrogens with zero attached hydrogens (tertiary/aromatic N) is 2. The average molecular weight is 419 g/mol. The lowest BCUT2D eigenvalue weighted by molar-refractivity contribution is -0.138. The molecular formula is C24H22FN3O3. The van der Waals surface area contributed by atoms with Gasteiger partial charge in [-0.3, -0.25) is 9.59 Å². The lowest BCUT2D eigenvalue weighted by Gasteiger charge is -2.33. The maximum absolute atomic E-state index is 13.1. The summed E-state index contributed by atoms with van der Waals surface area (Å²) < 4.78 is 19.0. The molecule has 2 aromatic carbocycles. The predicted octanol–water partition coefficient (Wildman–Crippen LogP) is 3.13. The highest BCUT2D eigenvalue weighted by atomic mass is 19.1. The molecule has 4 rings (SSSR count). The van der Waals surface area contributed by atoms with Crippen LogP contribution in [0.2, 0.25) is 0 Å². The Morgan fingerprint density at radius 2 is 1.81 bits per heavy atom. The molecule has 158 valence electrons. The third kappa shape index (κ3) is 4.95. The molecule has 0 saturated carbocycles. The standard InChI is InChI=1S/C24H22FN3O3/c25-19-10-4-16(5-11-19)14-23(29)28-12-13-31-22(15-28)21-3-1-2-20(27-21)17-6-8-18(9-7-17)24(26)30/h1-11,22H,12-15H2,(H2,26,30). The van der Waals surface area contributed by atoms with Gasteiger partial charge in [0.2, 0.25) is 11.8 Å². The summed E-state index contributed by atoms with van der Waals surface area (Å²) in [6, 6.07) is 18.5. The number of aromatic nitrogens is 1. The van der Waals surface area contributed by atoms with Crippen molar-refractivity contribution in [1.82, 2.24) is 9.88 Å². The summed E-state index contributed by atoms with van der Waals surface area (Å²) in [5.41, 5.74) is 8.83. The monoisotopic (exact) mass is 419 g/mol. The highest BCUT2D eigenvalue weighted by Crippen LogP contribution is 2.25. The van der Waals surface area contributed by atoms with Crippen LogP contribution in [-0.4, -0.2) is 41.4 Å². The first-order valence-electron chi connectivity index (χ1n) is 10.0. The van der Waals surface area contributed by atoms with E-state index in [1.807, 2.05) is 18.2 Å². The number of pyridine rings is 1. The highest BCUT2D eigenvalue weighted by molar-refractivity contribution is 5.93. The van der Waals surface area contributed by atoms with Crippen molar-refractivity contribution < 1.29 is 18.7 Å². The van der Waals surface area contributed by atoms with Gasteiger partial charge in [0.25, 0.3) is 0 Å². The number of rotatable bonds is 5. The number of hydrogen-bond donors (Lipinski definition) is 1. The number of amides is 2. The Hall–Kier alpha value is -3.58. The Labute approximate surface area is 179 Å². The van der Waals surface area contributed by atoms with Gasteiger partial charge in [0.05, 0.1) is 31.0 Å². The Morgan fingerprint density at radius 1 is 1.06 bits per heavy atom. The van der Waals surface area contributed by atoms with Crippen LogP contribution in [-0.2, 0) is 16.0 Å². The Bertz CT molecular complexity index is 1080. The Morgan fingerprint density at radius 3 is 2.52 bits per heavy atom. The molecule has 0 spiro atoms. The fourth-order valence-corrected chi connectivity index (χ4v) is 3.54. The van der Waals surface area contributed by atoms with E-state index in [2.05, 4.69) is 0 Å². The molecule has 6 nitrogen and oxygen atoms in total. The van der Waals surface area contributed by atoms with E-state index in [4.69, 9.17) is 15.5 Å². The van der Waals surface area contributed by atoms with Gasteiger partial charge in [0.15, 0.2) is 0 Å². The van der Waals surface area contributed by atoms with Gasteiger partial charge < -0.3 is 15.4 Å². The van der Waals surface area contributed by atoms with Crippen molar-refractivity contribution in [2.24, 2.45) is 5.73 Å². The van der Waals surface area contributed by atoms with Crippen LogP contribution in [0.1, 0.15) is 27.7 Å². The van der Waals surface area contributed by atoms with E-state index in [1.165, 1.54) is 12.1 Å². The molecule has 31 heavy (non-hydrogen) atoms. The van der Waals surface area contributed by atoms with Crippen molar-refractivity contribution in [3.8, 4) is 11.3 Å². The first-order chi connectivity index (χ1) is 15.0. The molecule has 1 fully saturated rings. The fourth-order valence-electron chi connectivity index (χ4n) is 3.54. The maximum atomic E-state index is 13.1. The minimum absolute atomic E-state index is 0.0295. The zero-order valence-corrected chi connectivity index (χ0v) is 16.8. The number of benzene rings is 2. The second-order valence-electron chi connectivity index (χ2n) is 7.39. The van der Waals surface area contributed by atoms with Crippen LogP contribution in [0.5, 0.6) is 0 Å². The third-order valence-corrected chi connectivity index (χ3v) is 5.25. The number of carbonyl (C=O) groups is 2. The lowest BCUT2D eigenvalue weighted by Crippen LogP contribution is -2.43. The SMILES string of the molecule is NC(=O)c1ccc(-c2cccc(C3CN(C(=O)Cc4ccc(F)cc4)CCO3)n2)cc1. The van der Waals surface area contributed by atoms with Crippen LogP contribution in [0, 0.1) is 5.82 Å². The van der Waals surface area contributed by atoms with Crippen LogP contribution in [0.4, 0.5) is 4.39 Å². The maximum Gasteiger partial charge on any atom is 0.248 e. The summed E-state index contributed by atoms with van der Waals surface area (Å²) in [5, 5.41) is 0. The molecule has 0 radical (unpaired) electrons. The van der Waals surface area contributed by atoms with Crippen molar-refractivity contribution in [2.45, 2.75) is 12.5 Å². The fraction of sp³-hybridized carbons (Fsp3) is 0.208. The first-order valence-corrected chi connectivity index (χ1v) is 10.0. The molecule has 0 aliphatic carbocycles. The van der Waals surface area contributed by atoms with Crippen LogP contribution >= 0.6 is 0 Å². The van der Waals surface area contributed by atoms with E-state index in [1.54, 1.807) is 41.3 Å². The van der Waals surface area contributed by atoms with Crippen molar-refractivity contribution in [2.75, 3.05) is 19.7 Å². The van der Waals surface area contributed by atoms with Gasteiger partial charge >= 0.3 is 0 Å². The van der Waals surface area contributed by atoms with Gasteiger partial charge in [-0.15, -0.1) is 0 Å². The summed E-state index contributed by atoms with van der Waals surface area (Å²) in [4.78, 5) is 30.5. The molecule has 3 aromatic rings. The minimum atomic E-state index is -0.478. The second-order valence-corrected chi connectivity index (χ2v) is 7.39. The van der Waals surface area contributed by atoms with Gasteiger partial charge in [-0.2, -0.15) is 0 Å². The smallest absolute Gasteiger partial charge is 0.248 e. The number of primary amides is 1. The normalized spacial score (nSPS) is 16.2. The topological polar surface area (TPSA) is 85.5 Å². The first kappa shape index (κ1) is 20.7. The highest BCUT2D eigenvalue weighted by Gasteiger charge is 2.26. The van der Waals surface area contributed by atoms with Crippen molar-refractivity contribution in [3.05, 3.63) is 89.4 Å². The summed E-state index contributed by atoms with van der Waals surface area (Å²) in [7, 11) is 0. The van der Waals surface area contributed by atoms with Gasteiger partial charge in [-0.05, 0) is 42.0 Å². The molecule has 2 amide bonds. The molecule has 1 aromatic heterocycles. The lowest BCUT2D eigenvalue weighted by atomic mass is 10.1. The van der Waals surface area contributed by atoms with Crippen LogP contribution < -0.4 is 5.73 Å². The van der Waals surface area contributed by atoms with Crippen molar-refractivity contribution >= 4 is 11.8 Å². The van der Waals surface area contributed by atoms with E-state index >= 15 is 0 Å². The number of nitrogens with two attached hydrogens (primary N) is 1. The largest absolute Gasteiger partial charge is 0.368 e. The summed E-state index contributed by atoms with van der Waals surface area (Å²) in [5.74, 6) is -0.828. The van der Waals surface area contributed by atoms with Gasteiger partial charge in [-0.1, -0.05) is 30.3 Å². The van der Waals surface area contributed by atoms with E-state index in [0.29, 0.717) is 25.3 Å². The molecule has 2 N–H and O–H groups in total. The van der Waals surface area contributed by atoms with Crippen molar-refractivity contribution in [3.63, 3.8) is 0 Å². The van der Waals surface area contributed by atoms with Crippen molar-refractivity contribution in [1.29, 1.82) is 0 Å². The van der Waals surface area contributed by atoms with E-state index < -0.39 is 5.91 Å². The Kier molecular flexibility index (Phi) is 6.04. The molecule has 1 aliphatic rings.